The standard InChI is InChI=1S/C8H15NO2.2C2H6/c1-2-3-7-4-8(11)9(5-7)6-10;2*1-2/h7,10H,2-6H2,1H3;2*1-2H3. The number of hydrogen-bond acceptors (Lipinski definition) is 2. The molecule has 3 nitrogen and oxygen atoms in total. The second-order valence-electron chi connectivity index (χ2n) is 3.12. The topological polar surface area (TPSA) is 40.5 Å². The van der Waals surface area contributed by atoms with Crippen LogP contribution in [0.3, 0.4) is 0 Å². The summed E-state index contributed by atoms with van der Waals surface area (Å²) in [6.07, 6.45) is 2.86. The lowest BCUT2D eigenvalue weighted by atomic mass is 10.0. The van der Waals surface area contributed by atoms with Crippen LogP contribution in [0.25, 0.3) is 0 Å². The Kier molecular flexibility index (Phi) is 12.9. The minimum Gasteiger partial charge on any atom is -0.376 e. The number of nitrogens with zero attached hydrogens (tertiary/aromatic N) is 1. The van der Waals surface area contributed by atoms with E-state index in [0.29, 0.717) is 12.3 Å². The first-order chi connectivity index (χ1) is 7.27. The van der Waals surface area contributed by atoms with Gasteiger partial charge in [0.2, 0.25) is 5.91 Å². The van der Waals surface area contributed by atoms with Crippen LogP contribution in [-0.2, 0) is 4.79 Å². The van der Waals surface area contributed by atoms with E-state index < -0.39 is 0 Å². The van der Waals surface area contributed by atoms with Crippen molar-refractivity contribution in [3.63, 3.8) is 0 Å². The zero-order valence-corrected chi connectivity index (χ0v) is 10.9. The second-order valence-corrected chi connectivity index (χ2v) is 3.12. The lowest BCUT2D eigenvalue weighted by molar-refractivity contribution is -0.130. The highest BCUT2D eigenvalue weighted by atomic mass is 16.3. The van der Waals surface area contributed by atoms with Crippen LogP contribution in [-0.4, -0.2) is 29.2 Å². The van der Waals surface area contributed by atoms with Gasteiger partial charge in [-0.05, 0) is 12.3 Å². The highest BCUT2D eigenvalue weighted by Gasteiger charge is 2.27. The van der Waals surface area contributed by atoms with E-state index in [1.54, 1.807) is 0 Å². The summed E-state index contributed by atoms with van der Waals surface area (Å²) in [6, 6.07) is 0. The van der Waals surface area contributed by atoms with Gasteiger partial charge in [-0.1, -0.05) is 41.0 Å². The molecule has 0 radical (unpaired) electrons. The molecule has 1 unspecified atom stereocenters. The lowest BCUT2D eigenvalue weighted by Gasteiger charge is -2.11. The molecule has 1 fully saturated rings. The number of rotatable bonds is 3. The predicted molar refractivity (Wildman–Crippen MR) is 64.5 cm³/mol. The number of aliphatic hydroxyl groups is 1. The molecule has 1 atom stereocenters. The lowest BCUT2D eigenvalue weighted by Crippen LogP contribution is -2.25. The highest BCUT2D eigenvalue weighted by molar-refractivity contribution is 5.78. The Bertz CT molecular complexity index is 149. The van der Waals surface area contributed by atoms with Gasteiger partial charge in [-0.3, -0.25) is 4.79 Å². The number of aliphatic hydroxyl groups excluding tert-OH is 1. The number of carbonyl (C=O) groups is 1. The molecule has 1 heterocycles. The maximum absolute atomic E-state index is 11.1. The molecule has 0 spiro atoms. The van der Waals surface area contributed by atoms with E-state index in [-0.39, 0.29) is 12.6 Å². The Hall–Kier alpha value is -0.570. The number of hydrogen-bond donors (Lipinski definition) is 1. The van der Waals surface area contributed by atoms with E-state index in [9.17, 15) is 4.79 Å². The van der Waals surface area contributed by atoms with Gasteiger partial charge in [-0.2, -0.15) is 0 Å². The fourth-order valence-electron chi connectivity index (χ4n) is 1.59. The molecule has 0 aromatic rings. The molecule has 1 rings (SSSR count). The van der Waals surface area contributed by atoms with Crippen LogP contribution in [0, 0.1) is 5.92 Å². The summed E-state index contributed by atoms with van der Waals surface area (Å²) in [5, 5.41) is 8.73. The van der Waals surface area contributed by atoms with Gasteiger partial charge in [-0.25, -0.2) is 0 Å². The zero-order chi connectivity index (χ0) is 12.3. The molecule has 92 valence electrons. The van der Waals surface area contributed by atoms with Crippen molar-refractivity contribution in [1.82, 2.24) is 4.90 Å². The molecule has 1 aliphatic rings. The van der Waals surface area contributed by atoms with Gasteiger partial charge in [0.1, 0.15) is 6.73 Å². The Morgan fingerprint density at radius 3 is 2.20 bits per heavy atom. The maximum Gasteiger partial charge on any atom is 0.224 e. The first kappa shape index (κ1) is 16.8. The van der Waals surface area contributed by atoms with Crippen molar-refractivity contribution in [2.75, 3.05) is 13.3 Å². The van der Waals surface area contributed by atoms with Gasteiger partial charge >= 0.3 is 0 Å². The SMILES string of the molecule is CC.CC.CCCC1CC(=O)N(CO)C1. The van der Waals surface area contributed by atoms with Crippen LogP contribution in [0.2, 0.25) is 0 Å². The van der Waals surface area contributed by atoms with Crippen LogP contribution in [0.4, 0.5) is 0 Å². The minimum absolute atomic E-state index is 0.103. The average molecular weight is 217 g/mol. The van der Waals surface area contributed by atoms with Crippen LogP contribution in [0.5, 0.6) is 0 Å². The molecule has 15 heavy (non-hydrogen) atoms. The quantitative estimate of drug-likeness (QED) is 0.789. The molecular formula is C12H27NO2. The van der Waals surface area contributed by atoms with Crippen LogP contribution < -0.4 is 0 Å². The molecule has 0 aromatic carbocycles. The molecule has 1 amide bonds. The fourth-order valence-corrected chi connectivity index (χ4v) is 1.59. The third kappa shape index (κ3) is 6.50. The largest absolute Gasteiger partial charge is 0.376 e. The third-order valence-electron chi connectivity index (χ3n) is 2.16. The van der Waals surface area contributed by atoms with Crippen molar-refractivity contribution < 1.29 is 9.90 Å². The van der Waals surface area contributed by atoms with Crippen LogP contribution in [0.15, 0.2) is 0 Å². The molecule has 0 bridgehead atoms. The molecule has 1 saturated heterocycles. The Morgan fingerprint density at radius 1 is 1.33 bits per heavy atom. The van der Waals surface area contributed by atoms with Crippen LogP contribution >= 0.6 is 0 Å². The number of amides is 1. The normalized spacial score (nSPS) is 18.9. The minimum atomic E-state index is -0.112. The first-order valence-electron chi connectivity index (χ1n) is 6.16. The summed E-state index contributed by atoms with van der Waals surface area (Å²) in [7, 11) is 0. The second kappa shape index (κ2) is 11.5. The van der Waals surface area contributed by atoms with E-state index >= 15 is 0 Å². The van der Waals surface area contributed by atoms with E-state index in [4.69, 9.17) is 5.11 Å². The van der Waals surface area contributed by atoms with E-state index in [1.807, 2.05) is 27.7 Å². The Balaban J connectivity index is 0. The molecule has 1 aliphatic heterocycles. The molecule has 0 aliphatic carbocycles. The summed E-state index contributed by atoms with van der Waals surface area (Å²) >= 11 is 0. The Morgan fingerprint density at radius 2 is 1.87 bits per heavy atom. The molecular weight excluding hydrogens is 190 g/mol. The summed E-state index contributed by atoms with van der Waals surface area (Å²) < 4.78 is 0. The van der Waals surface area contributed by atoms with Gasteiger partial charge < -0.3 is 10.0 Å². The van der Waals surface area contributed by atoms with Crippen LogP contribution in [0.1, 0.15) is 53.9 Å². The molecule has 0 saturated carbocycles. The van der Waals surface area contributed by atoms with E-state index in [1.165, 1.54) is 4.90 Å². The van der Waals surface area contributed by atoms with Crippen molar-refractivity contribution >= 4 is 5.91 Å². The van der Waals surface area contributed by atoms with Gasteiger partial charge in [-0.15, -0.1) is 0 Å². The zero-order valence-electron chi connectivity index (χ0n) is 10.9. The van der Waals surface area contributed by atoms with Crippen molar-refractivity contribution in [1.29, 1.82) is 0 Å². The van der Waals surface area contributed by atoms with Gasteiger partial charge in [0.15, 0.2) is 0 Å². The Labute approximate surface area is 94.5 Å². The van der Waals surface area contributed by atoms with E-state index in [0.717, 1.165) is 19.4 Å². The van der Waals surface area contributed by atoms with E-state index in [2.05, 4.69) is 6.92 Å². The van der Waals surface area contributed by atoms with Crippen molar-refractivity contribution in [3.05, 3.63) is 0 Å². The summed E-state index contributed by atoms with van der Waals surface area (Å²) in [4.78, 5) is 12.6. The maximum atomic E-state index is 11.1. The first-order valence-corrected chi connectivity index (χ1v) is 6.16. The van der Waals surface area contributed by atoms with Crippen molar-refractivity contribution in [2.45, 2.75) is 53.9 Å². The van der Waals surface area contributed by atoms with Gasteiger partial charge in [0.05, 0.1) is 0 Å². The summed E-state index contributed by atoms with van der Waals surface area (Å²) in [5.41, 5.74) is 0. The average Bonchev–Trinajstić information content (AvgIpc) is 2.65. The van der Waals surface area contributed by atoms with Crippen molar-refractivity contribution in [3.8, 4) is 0 Å². The monoisotopic (exact) mass is 217 g/mol. The third-order valence-corrected chi connectivity index (χ3v) is 2.16. The summed E-state index contributed by atoms with van der Waals surface area (Å²) in [6.45, 7) is 10.8. The smallest absolute Gasteiger partial charge is 0.224 e. The molecule has 1 N–H and O–H groups in total. The fraction of sp³-hybridized carbons (Fsp3) is 0.917. The molecule has 0 aromatic heterocycles. The summed E-state index contributed by atoms with van der Waals surface area (Å²) in [5.74, 6) is 0.589. The molecule has 3 heteroatoms. The van der Waals surface area contributed by atoms with Gasteiger partial charge in [0.25, 0.3) is 0 Å². The number of likely N-dealkylation sites (tertiary alicyclic amines) is 1. The number of carbonyl (C=O) groups excluding carboxylic acids is 1. The predicted octanol–water partition coefficient (Wildman–Crippen LogP) is 2.64. The van der Waals surface area contributed by atoms with Crippen molar-refractivity contribution in [2.24, 2.45) is 5.92 Å². The highest BCUT2D eigenvalue weighted by Crippen LogP contribution is 2.20. The van der Waals surface area contributed by atoms with Gasteiger partial charge in [0, 0.05) is 13.0 Å².